The first-order valence-electron chi connectivity index (χ1n) is 4.59. The molecule has 0 radical (unpaired) electrons. The third-order valence-electron chi connectivity index (χ3n) is 2.08. The molecule has 1 rings (SSSR count). The number of ether oxygens (including phenoxy) is 1. The van der Waals surface area contributed by atoms with Gasteiger partial charge in [-0.3, -0.25) is 4.79 Å². The van der Waals surface area contributed by atoms with E-state index in [0.717, 1.165) is 0 Å². The minimum absolute atomic E-state index is 0.0585. The van der Waals surface area contributed by atoms with Crippen molar-refractivity contribution in [1.29, 1.82) is 0 Å². The van der Waals surface area contributed by atoms with E-state index in [1.807, 2.05) is 6.92 Å². The number of amides is 1. The zero-order chi connectivity index (χ0) is 9.84. The lowest BCUT2D eigenvalue weighted by atomic mass is 9.94. The predicted molar refractivity (Wildman–Crippen MR) is 47.0 cm³/mol. The Bertz CT molecular complexity index is 215. The lowest BCUT2D eigenvalue weighted by molar-refractivity contribution is -0.149. The minimum Gasteiger partial charge on any atom is -0.464 e. The van der Waals surface area contributed by atoms with Gasteiger partial charge in [0, 0.05) is 6.42 Å². The summed E-state index contributed by atoms with van der Waals surface area (Å²) in [5, 5.41) is 2.62. The van der Waals surface area contributed by atoms with Crippen LogP contribution in [0, 0.1) is 5.92 Å². The van der Waals surface area contributed by atoms with Gasteiger partial charge in [0.1, 0.15) is 6.04 Å². The average molecular weight is 185 g/mol. The number of rotatable bonds is 2. The largest absolute Gasteiger partial charge is 0.464 e. The molecule has 1 saturated heterocycles. The second-order valence-electron chi connectivity index (χ2n) is 3.42. The highest BCUT2D eigenvalue weighted by Crippen LogP contribution is 2.16. The second-order valence-corrected chi connectivity index (χ2v) is 3.42. The van der Waals surface area contributed by atoms with E-state index >= 15 is 0 Å². The van der Waals surface area contributed by atoms with E-state index in [1.54, 1.807) is 6.92 Å². The van der Waals surface area contributed by atoms with Crippen molar-refractivity contribution in [2.45, 2.75) is 32.7 Å². The van der Waals surface area contributed by atoms with E-state index < -0.39 is 6.04 Å². The van der Waals surface area contributed by atoms with Gasteiger partial charge in [0.05, 0.1) is 6.61 Å². The van der Waals surface area contributed by atoms with Gasteiger partial charge in [-0.2, -0.15) is 0 Å². The molecule has 1 aliphatic heterocycles. The zero-order valence-electron chi connectivity index (χ0n) is 8.00. The molecule has 1 amide bonds. The van der Waals surface area contributed by atoms with Gasteiger partial charge in [0.15, 0.2) is 0 Å². The first-order chi connectivity index (χ1) is 6.13. The Labute approximate surface area is 77.6 Å². The molecule has 13 heavy (non-hydrogen) atoms. The van der Waals surface area contributed by atoms with Crippen molar-refractivity contribution in [3.8, 4) is 0 Å². The molecule has 2 unspecified atom stereocenters. The Balaban J connectivity index is 2.49. The first-order valence-corrected chi connectivity index (χ1v) is 4.59. The quantitative estimate of drug-likeness (QED) is 0.636. The summed E-state index contributed by atoms with van der Waals surface area (Å²) in [5.74, 6) is -0.109. The van der Waals surface area contributed by atoms with Crippen LogP contribution in [0.4, 0.5) is 0 Å². The molecule has 74 valence electrons. The van der Waals surface area contributed by atoms with Crippen molar-refractivity contribution in [1.82, 2.24) is 5.32 Å². The van der Waals surface area contributed by atoms with Crippen LogP contribution < -0.4 is 5.32 Å². The summed E-state index contributed by atoms with van der Waals surface area (Å²) in [6.45, 7) is 4.08. The van der Waals surface area contributed by atoms with E-state index in [-0.39, 0.29) is 17.8 Å². The Kier molecular flexibility index (Phi) is 3.28. The van der Waals surface area contributed by atoms with Crippen molar-refractivity contribution >= 4 is 11.9 Å². The lowest BCUT2D eigenvalue weighted by Gasteiger charge is -2.25. The number of piperidine rings is 1. The number of nitrogens with one attached hydrogen (secondary N) is 1. The third-order valence-corrected chi connectivity index (χ3v) is 2.08. The number of hydrogen-bond donors (Lipinski definition) is 1. The Morgan fingerprint density at radius 3 is 2.92 bits per heavy atom. The van der Waals surface area contributed by atoms with Crippen LogP contribution >= 0.6 is 0 Å². The molecular formula is C9H15NO3. The molecule has 1 fully saturated rings. The molecule has 2 atom stereocenters. The summed E-state index contributed by atoms with van der Waals surface area (Å²) in [6, 6.07) is -0.434. The smallest absolute Gasteiger partial charge is 0.328 e. The van der Waals surface area contributed by atoms with Gasteiger partial charge in [-0.05, 0) is 19.3 Å². The maximum Gasteiger partial charge on any atom is 0.328 e. The molecule has 0 aromatic heterocycles. The van der Waals surface area contributed by atoms with Crippen LogP contribution in [0.2, 0.25) is 0 Å². The van der Waals surface area contributed by atoms with Gasteiger partial charge in [0.25, 0.3) is 0 Å². The van der Waals surface area contributed by atoms with Crippen LogP contribution in [-0.2, 0) is 14.3 Å². The van der Waals surface area contributed by atoms with Gasteiger partial charge < -0.3 is 10.1 Å². The van der Waals surface area contributed by atoms with E-state index in [9.17, 15) is 9.59 Å². The van der Waals surface area contributed by atoms with Crippen LogP contribution in [0.15, 0.2) is 0 Å². The summed E-state index contributed by atoms with van der Waals surface area (Å²) in [7, 11) is 0. The number of hydrogen-bond acceptors (Lipinski definition) is 3. The molecule has 0 aliphatic carbocycles. The van der Waals surface area contributed by atoms with Crippen LogP contribution in [0.5, 0.6) is 0 Å². The Hall–Kier alpha value is -1.06. The van der Waals surface area contributed by atoms with E-state index in [2.05, 4.69) is 5.32 Å². The molecule has 4 heteroatoms. The maximum atomic E-state index is 11.3. The summed E-state index contributed by atoms with van der Waals surface area (Å²) in [6.07, 6.45) is 1.19. The first kappa shape index (κ1) is 10.0. The minimum atomic E-state index is -0.434. The van der Waals surface area contributed by atoms with Crippen LogP contribution in [-0.4, -0.2) is 24.5 Å². The van der Waals surface area contributed by atoms with E-state index in [0.29, 0.717) is 19.4 Å². The molecule has 0 saturated carbocycles. The van der Waals surface area contributed by atoms with E-state index in [1.165, 1.54) is 0 Å². The maximum absolute atomic E-state index is 11.3. The number of carbonyl (C=O) groups is 2. The topological polar surface area (TPSA) is 55.4 Å². The average Bonchev–Trinajstić information content (AvgIpc) is 2.03. The lowest BCUT2D eigenvalue weighted by Crippen LogP contribution is -2.47. The van der Waals surface area contributed by atoms with Crippen molar-refractivity contribution in [3.63, 3.8) is 0 Å². The standard InChI is InChI=1S/C9H15NO3/c1-3-13-9(12)7-4-6(2)5-8(11)10-7/h6-7H,3-5H2,1-2H3,(H,10,11). The molecule has 0 spiro atoms. The fourth-order valence-electron chi connectivity index (χ4n) is 1.51. The Morgan fingerprint density at radius 1 is 1.69 bits per heavy atom. The van der Waals surface area contributed by atoms with Gasteiger partial charge >= 0.3 is 5.97 Å². The number of esters is 1. The molecule has 1 aliphatic rings. The molecule has 0 aromatic carbocycles. The highest BCUT2D eigenvalue weighted by atomic mass is 16.5. The highest BCUT2D eigenvalue weighted by molar-refractivity contribution is 5.85. The number of carbonyl (C=O) groups excluding carboxylic acids is 2. The van der Waals surface area contributed by atoms with Crippen LogP contribution in [0.1, 0.15) is 26.7 Å². The fraction of sp³-hybridized carbons (Fsp3) is 0.778. The van der Waals surface area contributed by atoms with Crippen molar-refractivity contribution in [2.24, 2.45) is 5.92 Å². The molecule has 4 nitrogen and oxygen atoms in total. The summed E-state index contributed by atoms with van der Waals surface area (Å²) in [4.78, 5) is 22.3. The zero-order valence-corrected chi connectivity index (χ0v) is 8.00. The van der Waals surface area contributed by atoms with Gasteiger partial charge in [0.2, 0.25) is 5.91 Å². The molecule has 0 aromatic rings. The Morgan fingerprint density at radius 2 is 2.38 bits per heavy atom. The van der Waals surface area contributed by atoms with Gasteiger partial charge in [-0.25, -0.2) is 4.79 Å². The summed E-state index contributed by atoms with van der Waals surface area (Å²) in [5.41, 5.74) is 0. The summed E-state index contributed by atoms with van der Waals surface area (Å²) >= 11 is 0. The predicted octanol–water partition coefficient (Wildman–Crippen LogP) is 0.464. The van der Waals surface area contributed by atoms with Crippen molar-refractivity contribution < 1.29 is 14.3 Å². The summed E-state index contributed by atoms with van der Waals surface area (Å²) < 4.78 is 4.82. The molecule has 0 bridgehead atoms. The van der Waals surface area contributed by atoms with Crippen LogP contribution in [0.25, 0.3) is 0 Å². The normalized spacial score (nSPS) is 28.0. The van der Waals surface area contributed by atoms with E-state index in [4.69, 9.17) is 4.74 Å². The van der Waals surface area contributed by atoms with Crippen molar-refractivity contribution in [3.05, 3.63) is 0 Å². The van der Waals surface area contributed by atoms with Crippen molar-refractivity contribution in [2.75, 3.05) is 6.61 Å². The second kappa shape index (κ2) is 4.25. The third kappa shape index (κ3) is 2.72. The fourth-order valence-corrected chi connectivity index (χ4v) is 1.51. The van der Waals surface area contributed by atoms with Crippen LogP contribution in [0.3, 0.4) is 0 Å². The molecule has 1 heterocycles. The molecule has 1 N–H and O–H groups in total. The monoisotopic (exact) mass is 185 g/mol. The highest BCUT2D eigenvalue weighted by Gasteiger charge is 2.29. The van der Waals surface area contributed by atoms with Gasteiger partial charge in [-0.15, -0.1) is 0 Å². The molecular weight excluding hydrogens is 170 g/mol. The SMILES string of the molecule is CCOC(=O)C1CC(C)CC(=O)N1. The van der Waals surface area contributed by atoms with Gasteiger partial charge in [-0.1, -0.05) is 6.92 Å².